The van der Waals surface area contributed by atoms with Crippen LogP contribution in [0, 0.1) is 0 Å². The van der Waals surface area contributed by atoms with Gasteiger partial charge >= 0.3 is 0 Å². The number of piperidine rings is 1. The van der Waals surface area contributed by atoms with Gasteiger partial charge in [-0.25, -0.2) is 0 Å². The van der Waals surface area contributed by atoms with Gasteiger partial charge in [-0.2, -0.15) is 0 Å². The Balaban J connectivity index is 2.35. The molecule has 3 nitrogen and oxygen atoms in total. The van der Waals surface area contributed by atoms with Crippen LogP contribution in [0.3, 0.4) is 0 Å². The molecule has 1 rings (SSSR count). The lowest BCUT2D eigenvalue weighted by molar-refractivity contribution is -0.0202. The zero-order valence-corrected chi connectivity index (χ0v) is 7.21. The zero-order valence-electron chi connectivity index (χ0n) is 7.21. The molecule has 66 valence electrons. The van der Waals surface area contributed by atoms with Gasteiger partial charge in [0.1, 0.15) is 0 Å². The molecule has 1 aliphatic heterocycles. The van der Waals surface area contributed by atoms with Crippen molar-refractivity contribution in [3.05, 3.63) is 0 Å². The van der Waals surface area contributed by atoms with E-state index in [9.17, 15) is 5.11 Å². The van der Waals surface area contributed by atoms with Gasteiger partial charge in [0.05, 0.1) is 5.60 Å². The molecule has 1 heterocycles. The number of nitrogens with two attached hydrogens (primary N) is 1. The molecule has 0 spiro atoms. The van der Waals surface area contributed by atoms with Crippen molar-refractivity contribution in [2.24, 2.45) is 5.73 Å². The Hall–Kier alpha value is -0.120. The normalized spacial score (nSPS) is 25.4. The first-order chi connectivity index (χ1) is 5.16. The summed E-state index contributed by atoms with van der Waals surface area (Å²) in [6.45, 7) is 2.59. The maximum atomic E-state index is 9.88. The van der Waals surface area contributed by atoms with Gasteiger partial charge in [-0.05, 0) is 32.9 Å². The minimum absolute atomic E-state index is 0.457. The second kappa shape index (κ2) is 3.52. The maximum Gasteiger partial charge on any atom is 0.0684 e. The first-order valence-electron chi connectivity index (χ1n) is 4.27. The summed E-state index contributed by atoms with van der Waals surface area (Å²) in [5.74, 6) is 0. The van der Waals surface area contributed by atoms with E-state index in [0.29, 0.717) is 6.54 Å². The van der Waals surface area contributed by atoms with Crippen molar-refractivity contribution in [3.63, 3.8) is 0 Å². The summed E-state index contributed by atoms with van der Waals surface area (Å²) in [6, 6.07) is 0. The third kappa shape index (κ3) is 2.43. The molecule has 0 amide bonds. The van der Waals surface area contributed by atoms with E-state index in [1.54, 1.807) is 0 Å². The number of hydrogen-bond donors (Lipinski definition) is 2. The number of nitrogens with zero attached hydrogens (tertiary/aromatic N) is 1. The third-order valence-corrected chi connectivity index (χ3v) is 2.53. The van der Waals surface area contributed by atoms with Gasteiger partial charge in [0, 0.05) is 13.1 Å². The fourth-order valence-corrected chi connectivity index (χ4v) is 1.55. The lowest BCUT2D eigenvalue weighted by Crippen LogP contribution is -2.43. The van der Waals surface area contributed by atoms with E-state index in [1.807, 2.05) is 0 Å². The molecule has 0 atom stereocenters. The highest BCUT2D eigenvalue weighted by atomic mass is 16.3. The van der Waals surface area contributed by atoms with E-state index < -0.39 is 5.60 Å². The molecule has 0 aliphatic carbocycles. The summed E-state index contributed by atoms with van der Waals surface area (Å²) in [4.78, 5) is 2.24. The molecule has 1 saturated heterocycles. The van der Waals surface area contributed by atoms with Crippen molar-refractivity contribution in [1.82, 2.24) is 4.90 Å². The van der Waals surface area contributed by atoms with Crippen LogP contribution < -0.4 is 5.73 Å². The van der Waals surface area contributed by atoms with Gasteiger partial charge in [-0.1, -0.05) is 0 Å². The van der Waals surface area contributed by atoms with E-state index in [-0.39, 0.29) is 0 Å². The van der Waals surface area contributed by atoms with Gasteiger partial charge in [0.25, 0.3) is 0 Å². The average molecular weight is 158 g/mol. The zero-order chi connectivity index (χ0) is 8.32. The summed E-state index contributed by atoms with van der Waals surface area (Å²) >= 11 is 0. The van der Waals surface area contributed by atoms with Crippen LogP contribution >= 0.6 is 0 Å². The number of rotatable bonds is 2. The van der Waals surface area contributed by atoms with Crippen LogP contribution in [0.5, 0.6) is 0 Å². The van der Waals surface area contributed by atoms with Crippen molar-refractivity contribution < 1.29 is 5.11 Å². The molecule has 1 fully saturated rings. The summed E-state index contributed by atoms with van der Waals surface area (Å²) < 4.78 is 0. The minimum Gasteiger partial charge on any atom is -0.390 e. The van der Waals surface area contributed by atoms with Gasteiger partial charge in [0.15, 0.2) is 0 Å². The van der Waals surface area contributed by atoms with Crippen molar-refractivity contribution in [2.75, 3.05) is 26.7 Å². The Bertz CT molecular complexity index is 119. The Morgan fingerprint density at radius 3 is 2.45 bits per heavy atom. The molecular formula is C8H18N2O. The van der Waals surface area contributed by atoms with E-state index in [2.05, 4.69) is 11.9 Å². The molecular weight excluding hydrogens is 140 g/mol. The van der Waals surface area contributed by atoms with Crippen LogP contribution in [0.4, 0.5) is 0 Å². The largest absolute Gasteiger partial charge is 0.390 e. The molecule has 0 aromatic carbocycles. The maximum absolute atomic E-state index is 9.88. The topological polar surface area (TPSA) is 49.5 Å². The van der Waals surface area contributed by atoms with Gasteiger partial charge in [-0.15, -0.1) is 0 Å². The monoisotopic (exact) mass is 158 g/mol. The summed E-state index contributed by atoms with van der Waals surface area (Å²) in [6.07, 6.45) is 2.50. The van der Waals surface area contributed by atoms with Crippen LogP contribution in [0.25, 0.3) is 0 Å². The highest BCUT2D eigenvalue weighted by Gasteiger charge is 2.29. The average Bonchev–Trinajstić information content (AvgIpc) is 1.97. The Kier molecular flexibility index (Phi) is 2.87. The molecule has 0 saturated carbocycles. The second-order valence-corrected chi connectivity index (χ2v) is 3.57. The number of aliphatic hydroxyl groups is 1. The molecule has 0 bridgehead atoms. The molecule has 0 unspecified atom stereocenters. The number of hydrogen-bond acceptors (Lipinski definition) is 3. The highest BCUT2D eigenvalue weighted by Crippen LogP contribution is 2.23. The first-order valence-corrected chi connectivity index (χ1v) is 4.27. The third-order valence-electron chi connectivity index (χ3n) is 2.53. The molecule has 3 heteroatoms. The molecule has 1 aliphatic rings. The standard InChI is InChI=1S/C8H18N2O/c1-10-6-3-8(11,2-5-9)4-7-10/h11H,2-7,9H2,1H3. The fourth-order valence-electron chi connectivity index (χ4n) is 1.55. The lowest BCUT2D eigenvalue weighted by Gasteiger charge is -2.36. The van der Waals surface area contributed by atoms with Crippen LogP contribution in [0.2, 0.25) is 0 Å². The Labute approximate surface area is 68.2 Å². The highest BCUT2D eigenvalue weighted by molar-refractivity contribution is 4.84. The quantitative estimate of drug-likeness (QED) is 0.585. The summed E-state index contributed by atoms with van der Waals surface area (Å²) in [5.41, 5.74) is 4.95. The van der Waals surface area contributed by atoms with Crippen molar-refractivity contribution >= 4 is 0 Å². The lowest BCUT2D eigenvalue weighted by atomic mass is 9.88. The second-order valence-electron chi connectivity index (χ2n) is 3.57. The van der Waals surface area contributed by atoms with Crippen molar-refractivity contribution in [2.45, 2.75) is 24.9 Å². The van der Waals surface area contributed by atoms with Gasteiger partial charge in [0.2, 0.25) is 0 Å². The van der Waals surface area contributed by atoms with Gasteiger partial charge < -0.3 is 15.7 Å². The van der Waals surface area contributed by atoms with Crippen LogP contribution in [-0.4, -0.2) is 42.3 Å². The van der Waals surface area contributed by atoms with Crippen LogP contribution in [-0.2, 0) is 0 Å². The van der Waals surface area contributed by atoms with E-state index >= 15 is 0 Å². The van der Waals surface area contributed by atoms with Crippen molar-refractivity contribution in [3.8, 4) is 0 Å². The Morgan fingerprint density at radius 2 is 2.00 bits per heavy atom. The summed E-state index contributed by atoms with van der Waals surface area (Å²) in [7, 11) is 2.09. The predicted octanol–water partition coefficient (Wildman–Crippen LogP) is -0.208. The molecule has 0 aromatic heterocycles. The summed E-state index contributed by atoms with van der Waals surface area (Å²) in [5, 5.41) is 9.88. The molecule has 11 heavy (non-hydrogen) atoms. The van der Waals surface area contributed by atoms with Gasteiger partial charge in [-0.3, -0.25) is 0 Å². The van der Waals surface area contributed by atoms with E-state index in [0.717, 1.165) is 32.4 Å². The molecule has 3 N–H and O–H groups in total. The fraction of sp³-hybridized carbons (Fsp3) is 1.00. The first kappa shape index (κ1) is 8.97. The van der Waals surface area contributed by atoms with Crippen molar-refractivity contribution in [1.29, 1.82) is 0 Å². The number of likely N-dealkylation sites (tertiary alicyclic amines) is 1. The van der Waals surface area contributed by atoms with Crippen LogP contribution in [0.15, 0.2) is 0 Å². The molecule has 0 aromatic rings. The molecule has 0 radical (unpaired) electrons. The smallest absolute Gasteiger partial charge is 0.0684 e. The SMILES string of the molecule is CN1CCC(O)(CCN)CC1. The van der Waals surface area contributed by atoms with E-state index in [1.165, 1.54) is 0 Å². The van der Waals surface area contributed by atoms with Crippen LogP contribution in [0.1, 0.15) is 19.3 Å². The predicted molar refractivity (Wildman–Crippen MR) is 45.4 cm³/mol. The Morgan fingerprint density at radius 1 is 1.45 bits per heavy atom. The van der Waals surface area contributed by atoms with E-state index in [4.69, 9.17) is 5.73 Å². The minimum atomic E-state index is -0.457.